The van der Waals surface area contributed by atoms with Gasteiger partial charge in [0.15, 0.2) is 0 Å². The Balaban J connectivity index is 2.41. The molecular formula is C22H22BrO2P. The molecule has 0 spiro atoms. The number of halogens is 1. The van der Waals surface area contributed by atoms with E-state index in [-0.39, 0.29) is 0 Å². The van der Waals surface area contributed by atoms with E-state index in [0.29, 0.717) is 6.16 Å². The number of aliphatic carboxylic acids is 1. The van der Waals surface area contributed by atoms with Gasteiger partial charge in [-0.15, -0.1) is 0 Å². The maximum absolute atomic E-state index is 11.8. The van der Waals surface area contributed by atoms with Crippen molar-refractivity contribution in [3.63, 3.8) is 0 Å². The second-order valence-electron chi connectivity index (χ2n) is 6.61. The van der Waals surface area contributed by atoms with Crippen LogP contribution in [0.25, 0.3) is 0 Å². The molecule has 0 fully saturated rings. The Morgan fingerprint density at radius 3 is 1.38 bits per heavy atom. The van der Waals surface area contributed by atoms with Gasteiger partial charge < -0.3 is 0 Å². The zero-order valence-corrected chi connectivity index (χ0v) is 17.1. The van der Waals surface area contributed by atoms with Crippen LogP contribution in [0.1, 0.15) is 6.92 Å². The normalized spacial score (nSPS) is 14.2. The molecule has 0 radical (unpaired) electrons. The summed E-state index contributed by atoms with van der Waals surface area (Å²) < 4.78 is 0. The van der Waals surface area contributed by atoms with E-state index < -0.39 is 17.2 Å². The summed E-state index contributed by atoms with van der Waals surface area (Å²) in [6.07, 6.45) is 0.513. The van der Waals surface area contributed by atoms with Gasteiger partial charge in [0.1, 0.15) is 0 Å². The van der Waals surface area contributed by atoms with Crippen molar-refractivity contribution < 1.29 is 9.90 Å². The molecule has 0 bridgehead atoms. The van der Waals surface area contributed by atoms with Crippen LogP contribution in [0.4, 0.5) is 0 Å². The zero-order chi connectivity index (χ0) is 18.6. The predicted molar refractivity (Wildman–Crippen MR) is 116 cm³/mol. The van der Waals surface area contributed by atoms with E-state index in [9.17, 15) is 9.90 Å². The molecule has 0 aromatic heterocycles. The summed E-state index contributed by atoms with van der Waals surface area (Å²) in [4.78, 5) is 11.8. The number of benzene rings is 3. The summed E-state index contributed by atoms with van der Waals surface area (Å²) in [5.41, 5.74) is 0. The van der Waals surface area contributed by atoms with Crippen molar-refractivity contribution in [2.75, 3.05) is 6.16 Å². The molecule has 1 N–H and O–H groups in total. The first kappa shape index (κ1) is 18.8. The molecule has 3 aromatic carbocycles. The SMILES string of the molecule is CC(CP(Br)(c1ccccc1)(c1ccccc1)c1ccccc1)C(=O)O. The third kappa shape index (κ3) is 3.11. The third-order valence-corrected chi connectivity index (χ3v) is 14.8. The predicted octanol–water partition coefficient (Wildman–Crippen LogP) is 4.55. The number of carbonyl (C=O) groups is 1. The number of hydrogen-bond acceptors (Lipinski definition) is 1. The van der Waals surface area contributed by atoms with Crippen molar-refractivity contribution in [1.82, 2.24) is 0 Å². The molecule has 0 saturated heterocycles. The van der Waals surface area contributed by atoms with Crippen LogP contribution in [-0.4, -0.2) is 17.2 Å². The first-order chi connectivity index (χ1) is 12.5. The average Bonchev–Trinajstić information content (AvgIpc) is 2.70. The molecule has 0 heterocycles. The van der Waals surface area contributed by atoms with E-state index in [1.807, 2.05) is 54.6 Å². The second kappa shape index (κ2) is 7.34. The van der Waals surface area contributed by atoms with Crippen LogP contribution >= 0.6 is 20.8 Å². The summed E-state index contributed by atoms with van der Waals surface area (Å²) in [7, 11) is 0. The van der Waals surface area contributed by atoms with Crippen LogP contribution in [0.3, 0.4) is 0 Å². The van der Waals surface area contributed by atoms with Crippen LogP contribution in [0.5, 0.6) is 0 Å². The molecule has 0 aliphatic rings. The Hall–Kier alpha value is -1.96. The summed E-state index contributed by atoms with van der Waals surface area (Å²) in [5, 5.41) is 10.00. The molecule has 0 aliphatic heterocycles. The number of carboxylic acids is 1. The van der Waals surface area contributed by atoms with Crippen molar-refractivity contribution in [2.24, 2.45) is 5.92 Å². The fourth-order valence-electron chi connectivity index (χ4n) is 3.57. The average molecular weight is 429 g/mol. The van der Waals surface area contributed by atoms with Gasteiger partial charge in [-0.2, -0.15) is 0 Å². The molecule has 0 amide bonds. The second-order valence-corrected chi connectivity index (χ2v) is 15.6. The quantitative estimate of drug-likeness (QED) is 0.584. The van der Waals surface area contributed by atoms with Crippen LogP contribution in [0.2, 0.25) is 0 Å². The van der Waals surface area contributed by atoms with Gasteiger partial charge >= 0.3 is 163 Å². The molecule has 3 aromatic rings. The first-order valence-corrected chi connectivity index (χ1v) is 13.0. The number of carboxylic acid groups (broad SMARTS) is 1. The monoisotopic (exact) mass is 428 g/mol. The van der Waals surface area contributed by atoms with E-state index in [2.05, 4.69) is 51.9 Å². The van der Waals surface area contributed by atoms with Crippen LogP contribution in [0.15, 0.2) is 91.0 Å². The maximum atomic E-state index is 11.8. The summed E-state index contributed by atoms with van der Waals surface area (Å²) in [5.74, 6) is -1.27. The van der Waals surface area contributed by atoms with E-state index in [0.717, 1.165) is 15.9 Å². The standard InChI is InChI=1S/C22H22BrO2P/c1-18(22(24)25)17-26(23,19-11-5-2-6-12-19,20-13-7-3-8-14-20)21-15-9-4-10-16-21/h2-16,18H,17H2,1H3,(H,24,25). The molecule has 134 valence electrons. The Morgan fingerprint density at radius 2 is 1.12 bits per heavy atom. The van der Waals surface area contributed by atoms with E-state index >= 15 is 0 Å². The van der Waals surface area contributed by atoms with Gasteiger partial charge in [0.2, 0.25) is 0 Å². The van der Waals surface area contributed by atoms with E-state index in [1.54, 1.807) is 6.92 Å². The Morgan fingerprint density at radius 1 is 0.808 bits per heavy atom. The van der Waals surface area contributed by atoms with Gasteiger partial charge in [-0.05, 0) is 0 Å². The summed E-state index contributed by atoms with van der Waals surface area (Å²) in [6, 6.07) is 30.8. The minimum absolute atomic E-state index is 0.493. The van der Waals surface area contributed by atoms with Crippen molar-refractivity contribution in [3.05, 3.63) is 91.0 Å². The number of rotatable bonds is 6. The molecule has 1 atom stereocenters. The molecule has 4 heteroatoms. The molecule has 0 aliphatic carbocycles. The van der Waals surface area contributed by atoms with Gasteiger partial charge in [0.25, 0.3) is 0 Å². The van der Waals surface area contributed by atoms with Crippen molar-refractivity contribution in [3.8, 4) is 0 Å². The van der Waals surface area contributed by atoms with Gasteiger partial charge in [-0.25, -0.2) is 0 Å². The fraction of sp³-hybridized carbons (Fsp3) is 0.136. The van der Waals surface area contributed by atoms with Gasteiger partial charge in [-0.1, -0.05) is 0 Å². The van der Waals surface area contributed by atoms with E-state index in [1.165, 1.54) is 0 Å². The van der Waals surface area contributed by atoms with Crippen molar-refractivity contribution in [1.29, 1.82) is 0 Å². The van der Waals surface area contributed by atoms with Crippen LogP contribution in [-0.2, 0) is 4.79 Å². The Labute approximate surface area is 162 Å². The summed E-state index contributed by atoms with van der Waals surface area (Å²) >= 11 is 4.25. The fourth-order valence-corrected chi connectivity index (χ4v) is 12.1. The zero-order valence-electron chi connectivity index (χ0n) is 14.6. The van der Waals surface area contributed by atoms with Crippen molar-refractivity contribution >= 4 is 42.7 Å². The molecule has 2 nitrogen and oxygen atoms in total. The van der Waals surface area contributed by atoms with Gasteiger partial charge in [-0.3, -0.25) is 0 Å². The summed E-state index contributed by atoms with van der Waals surface area (Å²) in [6.45, 7) is 1.79. The Bertz CT molecular complexity index is 782. The topological polar surface area (TPSA) is 37.3 Å². The number of hydrogen-bond donors (Lipinski definition) is 1. The van der Waals surface area contributed by atoms with Gasteiger partial charge in [0, 0.05) is 0 Å². The molecule has 1 unspecified atom stereocenters. The van der Waals surface area contributed by atoms with Crippen LogP contribution in [0, 0.1) is 5.92 Å². The molecule has 3 rings (SSSR count). The third-order valence-electron chi connectivity index (χ3n) is 4.92. The van der Waals surface area contributed by atoms with Gasteiger partial charge in [0.05, 0.1) is 0 Å². The minimum atomic E-state index is -3.13. The van der Waals surface area contributed by atoms with E-state index in [4.69, 9.17) is 0 Å². The molecule has 26 heavy (non-hydrogen) atoms. The van der Waals surface area contributed by atoms with Crippen molar-refractivity contribution in [2.45, 2.75) is 6.92 Å². The molecule has 0 saturated carbocycles. The first-order valence-electron chi connectivity index (χ1n) is 8.59. The van der Waals surface area contributed by atoms with Crippen LogP contribution < -0.4 is 15.9 Å². The molecular weight excluding hydrogens is 407 g/mol. The Kier molecular flexibility index (Phi) is 5.32.